The SMILES string of the molecule is CCOCCCn1cc(C)nc1Nc1cc(F)ccc1F. The Morgan fingerprint density at radius 2 is 2.14 bits per heavy atom. The zero-order valence-corrected chi connectivity index (χ0v) is 12.2. The van der Waals surface area contributed by atoms with E-state index in [0.29, 0.717) is 25.7 Å². The van der Waals surface area contributed by atoms with E-state index in [2.05, 4.69) is 10.3 Å². The minimum atomic E-state index is -0.516. The Balaban J connectivity index is 2.10. The van der Waals surface area contributed by atoms with E-state index in [0.717, 1.165) is 30.3 Å². The van der Waals surface area contributed by atoms with Crippen molar-refractivity contribution in [3.05, 3.63) is 41.7 Å². The predicted octanol–water partition coefficient (Wildman–Crippen LogP) is 3.64. The first-order chi connectivity index (χ1) is 10.1. The molecule has 1 N–H and O–H groups in total. The van der Waals surface area contributed by atoms with Crippen LogP contribution < -0.4 is 5.32 Å². The van der Waals surface area contributed by atoms with E-state index in [9.17, 15) is 8.78 Å². The molecule has 0 spiro atoms. The molecule has 0 saturated carbocycles. The summed E-state index contributed by atoms with van der Waals surface area (Å²) in [6.45, 7) is 5.83. The lowest BCUT2D eigenvalue weighted by molar-refractivity contribution is 0.142. The number of hydrogen-bond acceptors (Lipinski definition) is 3. The van der Waals surface area contributed by atoms with Crippen LogP contribution in [0.1, 0.15) is 19.0 Å². The lowest BCUT2D eigenvalue weighted by Crippen LogP contribution is -2.06. The maximum absolute atomic E-state index is 13.7. The molecule has 0 saturated heterocycles. The minimum Gasteiger partial charge on any atom is -0.382 e. The molecule has 4 nitrogen and oxygen atoms in total. The second-order valence-corrected chi connectivity index (χ2v) is 4.70. The molecule has 0 radical (unpaired) electrons. The third-order valence-corrected chi connectivity index (χ3v) is 2.96. The number of ether oxygens (including phenoxy) is 1. The van der Waals surface area contributed by atoms with Gasteiger partial charge in [-0.15, -0.1) is 0 Å². The molecule has 1 aromatic heterocycles. The molecule has 2 rings (SSSR count). The Morgan fingerprint density at radius 3 is 2.90 bits per heavy atom. The maximum atomic E-state index is 13.7. The smallest absolute Gasteiger partial charge is 0.207 e. The van der Waals surface area contributed by atoms with Gasteiger partial charge in [0.05, 0.1) is 11.4 Å². The number of aromatic nitrogens is 2. The molecule has 6 heteroatoms. The number of halogens is 2. The summed E-state index contributed by atoms with van der Waals surface area (Å²) in [7, 11) is 0. The zero-order chi connectivity index (χ0) is 15.2. The number of rotatable bonds is 7. The van der Waals surface area contributed by atoms with Crippen molar-refractivity contribution in [2.24, 2.45) is 0 Å². The highest BCUT2D eigenvalue weighted by Gasteiger charge is 2.09. The van der Waals surface area contributed by atoms with E-state index in [1.807, 2.05) is 24.6 Å². The van der Waals surface area contributed by atoms with E-state index >= 15 is 0 Å². The Kier molecular flexibility index (Phi) is 5.27. The van der Waals surface area contributed by atoms with Crippen LogP contribution in [0.25, 0.3) is 0 Å². The van der Waals surface area contributed by atoms with Gasteiger partial charge in [0, 0.05) is 32.0 Å². The van der Waals surface area contributed by atoms with E-state index in [-0.39, 0.29) is 5.69 Å². The van der Waals surface area contributed by atoms with Gasteiger partial charge < -0.3 is 14.6 Å². The molecule has 0 aliphatic heterocycles. The third-order valence-electron chi connectivity index (χ3n) is 2.96. The van der Waals surface area contributed by atoms with Crippen LogP contribution in [0.2, 0.25) is 0 Å². The number of hydrogen-bond donors (Lipinski definition) is 1. The molecule has 2 aromatic rings. The van der Waals surface area contributed by atoms with Gasteiger partial charge in [-0.3, -0.25) is 0 Å². The van der Waals surface area contributed by atoms with Gasteiger partial charge in [0.1, 0.15) is 11.6 Å². The van der Waals surface area contributed by atoms with E-state index in [1.54, 1.807) is 0 Å². The maximum Gasteiger partial charge on any atom is 0.207 e. The Morgan fingerprint density at radius 1 is 1.33 bits per heavy atom. The highest BCUT2D eigenvalue weighted by atomic mass is 19.1. The fourth-order valence-electron chi connectivity index (χ4n) is 2.01. The van der Waals surface area contributed by atoms with Crippen molar-refractivity contribution in [1.82, 2.24) is 9.55 Å². The van der Waals surface area contributed by atoms with E-state index in [1.165, 1.54) is 0 Å². The number of benzene rings is 1. The topological polar surface area (TPSA) is 39.1 Å². The molecule has 0 amide bonds. The summed E-state index contributed by atoms with van der Waals surface area (Å²) in [6, 6.07) is 3.29. The minimum absolute atomic E-state index is 0.0756. The first kappa shape index (κ1) is 15.4. The summed E-state index contributed by atoms with van der Waals surface area (Å²) >= 11 is 0. The highest BCUT2D eigenvalue weighted by molar-refractivity contribution is 5.54. The van der Waals surface area contributed by atoms with E-state index < -0.39 is 11.6 Å². The lowest BCUT2D eigenvalue weighted by Gasteiger charge is -2.10. The normalized spacial score (nSPS) is 10.9. The third kappa shape index (κ3) is 4.26. The summed E-state index contributed by atoms with van der Waals surface area (Å²) in [6.07, 6.45) is 2.69. The fraction of sp³-hybridized carbons (Fsp3) is 0.400. The van der Waals surface area contributed by atoms with Crippen LogP contribution in [0, 0.1) is 18.6 Å². The van der Waals surface area contributed by atoms with Crippen molar-refractivity contribution in [3.8, 4) is 0 Å². The van der Waals surface area contributed by atoms with Gasteiger partial charge in [0.15, 0.2) is 0 Å². The van der Waals surface area contributed by atoms with Crippen LogP contribution in [-0.4, -0.2) is 22.8 Å². The summed E-state index contributed by atoms with van der Waals surface area (Å²) < 4.78 is 34.0. The van der Waals surface area contributed by atoms with Gasteiger partial charge in [-0.05, 0) is 32.4 Å². The van der Waals surface area contributed by atoms with Crippen LogP contribution in [0.15, 0.2) is 24.4 Å². The van der Waals surface area contributed by atoms with Gasteiger partial charge in [0.25, 0.3) is 0 Å². The molecule has 0 aliphatic carbocycles. The number of nitrogens with zero attached hydrogens (tertiary/aromatic N) is 2. The fourth-order valence-corrected chi connectivity index (χ4v) is 2.01. The summed E-state index contributed by atoms with van der Waals surface area (Å²) in [5.41, 5.74) is 0.886. The summed E-state index contributed by atoms with van der Waals surface area (Å²) in [4.78, 5) is 4.30. The molecule has 0 bridgehead atoms. The number of anilines is 2. The Bertz CT molecular complexity index is 599. The Labute approximate surface area is 122 Å². The van der Waals surface area contributed by atoms with Crippen molar-refractivity contribution in [2.45, 2.75) is 26.8 Å². The van der Waals surface area contributed by atoms with Gasteiger partial charge in [-0.2, -0.15) is 0 Å². The van der Waals surface area contributed by atoms with Crippen molar-refractivity contribution < 1.29 is 13.5 Å². The van der Waals surface area contributed by atoms with Crippen molar-refractivity contribution >= 4 is 11.6 Å². The highest BCUT2D eigenvalue weighted by Crippen LogP contribution is 2.21. The van der Waals surface area contributed by atoms with Crippen LogP contribution in [0.4, 0.5) is 20.4 Å². The molecule has 21 heavy (non-hydrogen) atoms. The van der Waals surface area contributed by atoms with Crippen molar-refractivity contribution in [2.75, 3.05) is 18.5 Å². The number of imidazole rings is 1. The van der Waals surface area contributed by atoms with E-state index in [4.69, 9.17) is 4.74 Å². The molecule has 0 unspecified atom stereocenters. The number of nitrogens with one attached hydrogen (secondary N) is 1. The molecule has 0 fully saturated rings. The average molecular weight is 295 g/mol. The summed E-state index contributed by atoms with van der Waals surface area (Å²) in [5.74, 6) is -0.517. The van der Waals surface area contributed by atoms with Crippen LogP contribution in [0.5, 0.6) is 0 Å². The Hall–Kier alpha value is -1.95. The molecule has 114 valence electrons. The quantitative estimate of drug-likeness (QED) is 0.793. The lowest BCUT2D eigenvalue weighted by atomic mass is 10.3. The molecule has 0 aliphatic rings. The predicted molar refractivity (Wildman–Crippen MR) is 77.7 cm³/mol. The second kappa shape index (κ2) is 7.17. The molecular weight excluding hydrogens is 276 g/mol. The first-order valence-corrected chi connectivity index (χ1v) is 6.93. The average Bonchev–Trinajstić information content (AvgIpc) is 2.79. The van der Waals surface area contributed by atoms with Crippen LogP contribution in [-0.2, 0) is 11.3 Å². The first-order valence-electron chi connectivity index (χ1n) is 6.93. The number of aryl methyl sites for hydroxylation is 2. The molecule has 0 atom stereocenters. The van der Waals surface area contributed by atoms with Gasteiger partial charge in [0.2, 0.25) is 5.95 Å². The van der Waals surface area contributed by atoms with Crippen molar-refractivity contribution in [3.63, 3.8) is 0 Å². The van der Waals surface area contributed by atoms with Crippen LogP contribution in [0.3, 0.4) is 0 Å². The monoisotopic (exact) mass is 295 g/mol. The van der Waals surface area contributed by atoms with Crippen LogP contribution >= 0.6 is 0 Å². The molecule has 1 heterocycles. The van der Waals surface area contributed by atoms with Gasteiger partial charge in [-0.25, -0.2) is 13.8 Å². The zero-order valence-electron chi connectivity index (χ0n) is 12.2. The second-order valence-electron chi connectivity index (χ2n) is 4.70. The summed E-state index contributed by atoms with van der Waals surface area (Å²) in [5, 5.41) is 2.84. The standard InChI is InChI=1S/C15H19F2N3O/c1-3-21-8-4-7-20-10-11(2)18-15(20)19-14-9-12(16)5-6-13(14)17/h5-6,9-10H,3-4,7-8H2,1-2H3,(H,18,19). The molecule has 1 aromatic carbocycles. The molecular formula is C15H19F2N3O. The van der Waals surface area contributed by atoms with Gasteiger partial charge in [-0.1, -0.05) is 0 Å². The van der Waals surface area contributed by atoms with Crippen molar-refractivity contribution in [1.29, 1.82) is 0 Å². The van der Waals surface area contributed by atoms with Gasteiger partial charge >= 0.3 is 0 Å². The largest absolute Gasteiger partial charge is 0.382 e.